The number of phenolic OH excluding ortho intramolecular Hbond substituents is 1. The minimum Gasteiger partial charge on any atom is -0.508 e. The maximum Gasteiger partial charge on any atom is 0.323 e. The summed E-state index contributed by atoms with van der Waals surface area (Å²) in [5, 5.41) is 17.4. The highest BCUT2D eigenvalue weighted by molar-refractivity contribution is 6.30. The Balaban J connectivity index is 1.80. The van der Waals surface area contributed by atoms with Crippen LogP contribution < -0.4 is 10.6 Å². The number of carbonyl (C=O) groups is 1. The van der Waals surface area contributed by atoms with Crippen molar-refractivity contribution in [2.24, 2.45) is 0 Å². The number of hydrogen-bond donors (Lipinski definition) is 3. The Morgan fingerprint density at radius 3 is 2.50 bits per heavy atom. The molecular formula is C17H13ClN2O2. The molecule has 0 aliphatic rings. The van der Waals surface area contributed by atoms with Crippen LogP contribution in [0.5, 0.6) is 5.75 Å². The van der Waals surface area contributed by atoms with E-state index in [2.05, 4.69) is 10.6 Å². The van der Waals surface area contributed by atoms with Gasteiger partial charge in [-0.05, 0) is 53.9 Å². The number of nitrogens with one attached hydrogen (secondary N) is 2. The Labute approximate surface area is 132 Å². The lowest BCUT2D eigenvalue weighted by Gasteiger charge is -2.10. The monoisotopic (exact) mass is 312 g/mol. The second-order valence-corrected chi connectivity index (χ2v) is 5.23. The number of phenols is 1. The molecule has 0 heterocycles. The van der Waals surface area contributed by atoms with Crippen molar-refractivity contribution in [3.05, 3.63) is 65.7 Å². The largest absolute Gasteiger partial charge is 0.508 e. The highest BCUT2D eigenvalue weighted by Gasteiger charge is 2.06. The summed E-state index contributed by atoms with van der Waals surface area (Å²) in [6.45, 7) is 0. The first kappa shape index (κ1) is 14.2. The number of carbonyl (C=O) groups excluding carboxylic acids is 1. The van der Waals surface area contributed by atoms with Crippen LogP contribution in [0.15, 0.2) is 60.7 Å². The molecule has 110 valence electrons. The summed E-state index contributed by atoms with van der Waals surface area (Å²) >= 11 is 5.81. The second kappa shape index (κ2) is 5.95. The molecule has 3 aromatic carbocycles. The fraction of sp³-hybridized carbons (Fsp3) is 0. The minimum absolute atomic E-state index is 0.190. The lowest BCUT2D eigenvalue weighted by molar-refractivity contribution is 0.262. The fourth-order valence-electron chi connectivity index (χ4n) is 2.20. The highest BCUT2D eigenvalue weighted by atomic mass is 35.5. The lowest BCUT2D eigenvalue weighted by atomic mass is 10.1. The zero-order chi connectivity index (χ0) is 15.5. The van der Waals surface area contributed by atoms with Crippen LogP contribution in [0.25, 0.3) is 10.8 Å². The van der Waals surface area contributed by atoms with Crippen molar-refractivity contribution in [1.29, 1.82) is 0 Å². The van der Waals surface area contributed by atoms with Gasteiger partial charge in [0.15, 0.2) is 0 Å². The van der Waals surface area contributed by atoms with Crippen LogP contribution in [-0.2, 0) is 0 Å². The van der Waals surface area contributed by atoms with E-state index in [4.69, 9.17) is 11.6 Å². The minimum atomic E-state index is -0.345. The highest BCUT2D eigenvalue weighted by Crippen LogP contribution is 2.26. The van der Waals surface area contributed by atoms with E-state index in [-0.39, 0.29) is 11.8 Å². The molecule has 3 aromatic rings. The number of aromatic hydroxyl groups is 1. The van der Waals surface area contributed by atoms with E-state index in [1.165, 1.54) is 0 Å². The van der Waals surface area contributed by atoms with Crippen LogP contribution in [0, 0.1) is 0 Å². The Hall–Kier alpha value is -2.72. The molecule has 0 saturated carbocycles. The SMILES string of the molecule is O=C(Nc1ccc(Cl)cc1)Nc1cccc2cc(O)ccc12. The Morgan fingerprint density at radius 1 is 0.955 bits per heavy atom. The summed E-state index contributed by atoms with van der Waals surface area (Å²) in [5.74, 6) is 0.190. The molecule has 0 atom stereocenters. The molecule has 0 saturated heterocycles. The molecule has 0 aliphatic heterocycles. The number of anilines is 2. The van der Waals surface area contributed by atoms with Crippen molar-refractivity contribution in [2.45, 2.75) is 0 Å². The molecule has 0 spiro atoms. The van der Waals surface area contributed by atoms with Crippen LogP contribution in [0.1, 0.15) is 0 Å². The lowest BCUT2D eigenvalue weighted by Crippen LogP contribution is -2.19. The molecule has 3 rings (SSSR count). The van der Waals surface area contributed by atoms with Crippen LogP contribution in [-0.4, -0.2) is 11.1 Å². The third-order valence-corrected chi connectivity index (χ3v) is 3.47. The van der Waals surface area contributed by atoms with Crippen molar-refractivity contribution < 1.29 is 9.90 Å². The molecule has 3 N–H and O–H groups in total. The molecule has 0 aliphatic carbocycles. The molecule has 5 heteroatoms. The number of fused-ring (bicyclic) bond motifs is 1. The third kappa shape index (κ3) is 3.13. The van der Waals surface area contributed by atoms with Crippen molar-refractivity contribution in [1.82, 2.24) is 0 Å². The van der Waals surface area contributed by atoms with Gasteiger partial charge in [0.25, 0.3) is 0 Å². The molecule has 0 unspecified atom stereocenters. The van der Waals surface area contributed by atoms with Gasteiger partial charge >= 0.3 is 6.03 Å². The number of halogens is 1. The molecule has 4 nitrogen and oxygen atoms in total. The van der Waals surface area contributed by atoms with Gasteiger partial charge in [0.2, 0.25) is 0 Å². The van der Waals surface area contributed by atoms with Crippen molar-refractivity contribution >= 4 is 39.8 Å². The molecule has 0 radical (unpaired) electrons. The fourth-order valence-corrected chi connectivity index (χ4v) is 2.32. The summed E-state index contributed by atoms with van der Waals surface area (Å²) in [6, 6.07) is 17.0. The molecule has 0 bridgehead atoms. The van der Waals surface area contributed by atoms with E-state index in [1.54, 1.807) is 48.5 Å². The predicted molar refractivity (Wildman–Crippen MR) is 89.7 cm³/mol. The first-order valence-corrected chi connectivity index (χ1v) is 7.05. The summed E-state index contributed by atoms with van der Waals surface area (Å²) in [4.78, 5) is 12.1. The molecule has 2 amide bonds. The average Bonchev–Trinajstić information content (AvgIpc) is 2.49. The van der Waals surface area contributed by atoms with E-state index in [0.717, 1.165) is 10.8 Å². The number of hydrogen-bond acceptors (Lipinski definition) is 2. The molecule has 0 fully saturated rings. The van der Waals surface area contributed by atoms with Crippen LogP contribution in [0.3, 0.4) is 0 Å². The summed E-state index contributed by atoms with van der Waals surface area (Å²) in [5.41, 5.74) is 1.32. The number of urea groups is 1. The third-order valence-electron chi connectivity index (χ3n) is 3.21. The zero-order valence-electron chi connectivity index (χ0n) is 11.5. The number of amides is 2. The maximum atomic E-state index is 12.1. The van der Waals surface area contributed by atoms with Crippen molar-refractivity contribution in [3.8, 4) is 5.75 Å². The maximum absolute atomic E-state index is 12.1. The van der Waals surface area contributed by atoms with E-state index < -0.39 is 0 Å². The van der Waals surface area contributed by atoms with Gasteiger partial charge in [-0.1, -0.05) is 23.7 Å². The first-order valence-electron chi connectivity index (χ1n) is 6.67. The Morgan fingerprint density at radius 2 is 1.73 bits per heavy atom. The van der Waals surface area contributed by atoms with Gasteiger partial charge in [-0.25, -0.2) is 4.79 Å². The average molecular weight is 313 g/mol. The Kier molecular flexibility index (Phi) is 3.85. The number of rotatable bonds is 2. The van der Waals surface area contributed by atoms with E-state index in [1.807, 2.05) is 12.1 Å². The van der Waals surface area contributed by atoms with Gasteiger partial charge in [0.05, 0.1) is 5.69 Å². The van der Waals surface area contributed by atoms with Gasteiger partial charge in [-0.3, -0.25) is 0 Å². The summed E-state index contributed by atoms with van der Waals surface area (Å²) < 4.78 is 0. The van der Waals surface area contributed by atoms with E-state index >= 15 is 0 Å². The van der Waals surface area contributed by atoms with Gasteiger partial charge < -0.3 is 15.7 Å². The molecular weight excluding hydrogens is 300 g/mol. The van der Waals surface area contributed by atoms with Gasteiger partial charge in [-0.15, -0.1) is 0 Å². The van der Waals surface area contributed by atoms with E-state index in [0.29, 0.717) is 16.4 Å². The van der Waals surface area contributed by atoms with Crippen LogP contribution >= 0.6 is 11.6 Å². The predicted octanol–water partition coefficient (Wildman–Crippen LogP) is 4.84. The standard InChI is InChI=1S/C17H13ClN2O2/c18-12-4-6-13(7-5-12)19-17(22)20-16-3-1-2-11-10-14(21)8-9-15(11)16/h1-10,21H,(H2,19,20,22). The zero-order valence-corrected chi connectivity index (χ0v) is 12.3. The Bertz CT molecular complexity index is 832. The normalized spacial score (nSPS) is 10.4. The smallest absolute Gasteiger partial charge is 0.323 e. The van der Waals surface area contributed by atoms with Crippen LogP contribution in [0.4, 0.5) is 16.2 Å². The topological polar surface area (TPSA) is 61.4 Å². The van der Waals surface area contributed by atoms with Crippen molar-refractivity contribution in [3.63, 3.8) is 0 Å². The molecule has 0 aromatic heterocycles. The molecule has 22 heavy (non-hydrogen) atoms. The number of benzene rings is 3. The van der Waals surface area contributed by atoms with Gasteiger partial charge in [0, 0.05) is 16.1 Å². The summed E-state index contributed by atoms with van der Waals surface area (Å²) in [7, 11) is 0. The summed E-state index contributed by atoms with van der Waals surface area (Å²) in [6.07, 6.45) is 0. The quantitative estimate of drug-likeness (QED) is 0.634. The van der Waals surface area contributed by atoms with Crippen molar-refractivity contribution in [2.75, 3.05) is 10.6 Å². The van der Waals surface area contributed by atoms with Crippen LogP contribution in [0.2, 0.25) is 5.02 Å². The van der Waals surface area contributed by atoms with Gasteiger partial charge in [-0.2, -0.15) is 0 Å². The van der Waals surface area contributed by atoms with E-state index in [9.17, 15) is 9.90 Å². The first-order chi connectivity index (χ1) is 10.6. The van der Waals surface area contributed by atoms with Gasteiger partial charge in [0.1, 0.15) is 5.75 Å². The second-order valence-electron chi connectivity index (χ2n) is 4.80.